The molecule has 0 aliphatic heterocycles. The van der Waals surface area contributed by atoms with Crippen molar-refractivity contribution in [3.63, 3.8) is 0 Å². The Bertz CT molecular complexity index is 408. The number of ether oxygens (including phenoxy) is 1. The van der Waals surface area contributed by atoms with E-state index in [9.17, 15) is 5.11 Å². The molecule has 102 valence electrons. The van der Waals surface area contributed by atoms with Gasteiger partial charge in [0.15, 0.2) is 11.5 Å². The number of phenolic OH excluding ortho intramolecular Hbond substituents is 1. The average Bonchev–Trinajstić information content (AvgIpc) is 2.82. The van der Waals surface area contributed by atoms with Crippen molar-refractivity contribution in [3.05, 3.63) is 22.2 Å². The lowest BCUT2D eigenvalue weighted by Crippen LogP contribution is -2.19. The van der Waals surface area contributed by atoms with Gasteiger partial charge in [-0.15, -0.1) is 12.4 Å². The van der Waals surface area contributed by atoms with E-state index in [1.165, 1.54) is 12.8 Å². The zero-order valence-electron chi connectivity index (χ0n) is 10.4. The van der Waals surface area contributed by atoms with Crippen molar-refractivity contribution in [3.8, 4) is 11.5 Å². The van der Waals surface area contributed by atoms with Gasteiger partial charge in [0, 0.05) is 16.1 Å². The summed E-state index contributed by atoms with van der Waals surface area (Å²) in [6.45, 7) is 0. The van der Waals surface area contributed by atoms with Gasteiger partial charge >= 0.3 is 0 Å². The molecular formula is C13H19BrClNO2. The summed E-state index contributed by atoms with van der Waals surface area (Å²) in [7, 11) is 1.55. The molecule has 1 saturated carbocycles. The fourth-order valence-electron chi connectivity index (χ4n) is 2.60. The zero-order valence-corrected chi connectivity index (χ0v) is 12.8. The SMILES string of the molecule is COc1ccc(Br)c([C@H](N)C2CCCC2)c1O.Cl. The van der Waals surface area contributed by atoms with Gasteiger partial charge in [0.1, 0.15) is 0 Å². The first-order chi connectivity index (χ1) is 8.15. The number of benzene rings is 1. The van der Waals surface area contributed by atoms with Crippen LogP contribution < -0.4 is 10.5 Å². The van der Waals surface area contributed by atoms with Crippen LogP contribution in [0.3, 0.4) is 0 Å². The number of hydrogen-bond acceptors (Lipinski definition) is 3. The molecule has 3 N–H and O–H groups in total. The van der Waals surface area contributed by atoms with Gasteiger partial charge in [-0.1, -0.05) is 28.8 Å². The topological polar surface area (TPSA) is 55.5 Å². The molecule has 0 amide bonds. The third-order valence-corrected chi connectivity index (χ3v) is 4.28. The van der Waals surface area contributed by atoms with Crippen LogP contribution in [0.5, 0.6) is 11.5 Å². The van der Waals surface area contributed by atoms with E-state index in [4.69, 9.17) is 10.5 Å². The maximum atomic E-state index is 10.2. The van der Waals surface area contributed by atoms with E-state index in [1.807, 2.05) is 6.07 Å². The van der Waals surface area contributed by atoms with Gasteiger partial charge in [0.05, 0.1) is 7.11 Å². The van der Waals surface area contributed by atoms with Crippen molar-refractivity contribution in [2.75, 3.05) is 7.11 Å². The molecule has 18 heavy (non-hydrogen) atoms. The largest absolute Gasteiger partial charge is 0.504 e. The van der Waals surface area contributed by atoms with Crippen LogP contribution in [0, 0.1) is 5.92 Å². The summed E-state index contributed by atoms with van der Waals surface area (Å²) in [5.41, 5.74) is 7.05. The summed E-state index contributed by atoms with van der Waals surface area (Å²) in [4.78, 5) is 0. The smallest absolute Gasteiger partial charge is 0.163 e. The van der Waals surface area contributed by atoms with Crippen LogP contribution in [0.15, 0.2) is 16.6 Å². The highest BCUT2D eigenvalue weighted by Crippen LogP contribution is 2.43. The van der Waals surface area contributed by atoms with E-state index in [0.29, 0.717) is 11.7 Å². The number of hydrogen-bond donors (Lipinski definition) is 2. The molecule has 0 aromatic heterocycles. The van der Waals surface area contributed by atoms with Crippen LogP contribution >= 0.6 is 28.3 Å². The van der Waals surface area contributed by atoms with Crippen molar-refractivity contribution in [2.24, 2.45) is 11.7 Å². The van der Waals surface area contributed by atoms with Crippen LogP contribution in [0.1, 0.15) is 37.3 Å². The molecule has 1 atom stereocenters. The minimum Gasteiger partial charge on any atom is -0.504 e. The van der Waals surface area contributed by atoms with Gasteiger partial charge < -0.3 is 15.6 Å². The summed E-state index contributed by atoms with van der Waals surface area (Å²) >= 11 is 3.46. The molecule has 0 radical (unpaired) electrons. The number of nitrogens with two attached hydrogens (primary N) is 1. The molecule has 0 saturated heterocycles. The minimum atomic E-state index is -0.123. The normalized spacial score (nSPS) is 17.3. The van der Waals surface area contributed by atoms with E-state index in [-0.39, 0.29) is 24.2 Å². The fraction of sp³-hybridized carbons (Fsp3) is 0.538. The zero-order chi connectivity index (χ0) is 12.4. The van der Waals surface area contributed by atoms with E-state index >= 15 is 0 Å². The van der Waals surface area contributed by atoms with Crippen molar-refractivity contribution in [1.82, 2.24) is 0 Å². The number of aromatic hydroxyl groups is 1. The summed E-state index contributed by atoms with van der Waals surface area (Å²) in [5, 5.41) is 10.2. The molecule has 5 heteroatoms. The molecule has 2 rings (SSSR count). The van der Waals surface area contributed by atoms with Gasteiger partial charge in [-0.3, -0.25) is 0 Å². The number of phenols is 1. The molecule has 1 aliphatic carbocycles. The molecule has 1 aromatic carbocycles. The Labute approximate surface area is 122 Å². The summed E-state index contributed by atoms with van der Waals surface area (Å²) in [5.74, 6) is 1.11. The van der Waals surface area contributed by atoms with Crippen molar-refractivity contribution >= 4 is 28.3 Å². The Balaban J connectivity index is 0.00000162. The maximum absolute atomic E-state index is 10.2. The van der Waals surface area contributed by atoms with Gasteiger partial charge in [-0.25, -0.2) is 0 Å². The fourth-order valence-corrected chi connectivity index (χ4v) is 3.18. The first-order valence-corrected chi connectivity index (χ1v) is 6.75. The third kappa shape index (κ3) is 2.92. The van der Waals surface area contributed by atoms with Crippen LogP contribution in [0.25, 0.3) is 0 Å². The molecule has 1 aliphatic rings. The second kappa shape index (κ2) is 6.64. The summed E-state index contributed by atoms with van der Waals surface area (Å²) in [6, 6.07) is 3.49. The van der Waals surface area contributed by atoms with Gasteiger partial charge in [-0.2, -0.15) is 0 Å². The summed E-state index contributed by atoms with van der Waals surface area (Å²) < 4.78 is 5.98. The van der Waals surface area contributed by atoms with E-state index < -0.39 is 0 Å². The quantitative estimate of drug-likeness (QED) is 0.883. The van der Waals surface area contributed by atoms with Crippen LogP contribution in [0.4, 0.5) is 0 Å². The number of methoxy groups -OCH3 is 1. The van der Waals surface area contributed by atoms with Gasteiger partial charge in [-0.05, 0) is 30.9 Å². The molecule has 0 unspecified atom stereocenters. The van der Waals surface area contributed by atoms with E-state index in [1.54, 1.807) is 13.2 Å². The summed E-state index contributed by atoms with van der Waals surface area (Å²) in [6.07, 6.45) is 4.76. The third-order valence-electron chi connectivity index (χ3n) is 3.59. The minimum absolute atomic E-state index is 0. The lowest BCUT2D eigenvalue weighted by atomic mass is 9.92. The molecule has 0 bridgehead atoms. The number of rotatable bonds is 3. The van der Waals surface area contributed by atoms with E-state index in [2.05, 4.69) is 15.9 Å². The van der Waals surface area contributed by atoms with Gasteiger partial charge in [0.2, 0.25) is 0 Å². The van der Waals surface area contributed by atoms with Crippen molar-refractivity contribution < 1.29 is 9.84 Å². The molecular weight excluding hydrogens is 318 g/mol. The molecule has 0 heterocycles. The lowest BCUT2D eigenvalue weighted by molar-refractivity contribution is 0.359. The first-order valence-electron chi connectivity index (χ1n) is 5.96. The van der Waals surface area contributed by atoms with Crippen molar-refractivity contribution in [1.29, 1.82) is 0 Å². The van der Waals surface area contributed by atoms with E-state index in [0.717, 1.165) is 22.9 Å². The highest BCUT2D eigenvalue weighted by atomic mass is 79.9. The predicted octanol–water partition coefficient (Wildman–Crippen LogP) is 3.78. The monoisotopic (exact) mass is 335 g/mol. The average molecular weight is 337 g/mol. The molecule has 3 nitrogen and oxygen atoms in total. The maximum Gasteiger partial charge on any atom is 0.163 e. The van der Waals surface area contributed by atoms with Crippen LogP contribution in [-0.4, -0.2) is 12.2 Å². The van der Waals surface area contributed by atoms with Gasteiger partial charge in [0.25, 0.3) is 0 Å². The predicted molar refractivity (Wildman–Crippen MR) is 78.5 cm³/mol. The Morgan fingerprint density at radius 1 is 1.39 bits per heavy atom. The molecule has 1 aromatic rings. The molecule has 0 spiro atoms. The van der Waals surface area contributed by atoms with Crippen LogP contribution in [-0.2, 0) is 0 Å². The lowest BCUT2D eigenvalue weighted by Gasteiger charge is -2.22. The standard InChI is InChI=1S/C13H18BrNO2.ClH/c1-17-10-7-6-9(14)11(13(10)16)12(15)8-4-2-3-5-8;/h6-8,12,16H,2-5,15H2,1H3;1H/t12-;/m1./s1. The Morgan fingerprint density at radius 3 is 2.56 bits per heavy atom. The molecule has 1 fully saturated rings. The van der Waals surface area contributed by atoms with Crippen LogP contribution in [0.2, 0.25) is 0 Å². The second-order valence-electron chi connectivity index (χ2n) is 4.58. The van der Waals surface area contributed by atoms with Crippen molar-refractivity contribution in [2.45, 2.75) is 31.7 Å². The Hall–Kier alpha value is -0.450. The second-order valence-corrected chi connectivity index (χ2v) is 5.44. The highest BCUT2D eigenvalue weighted by Gasteiger charge is 2.27. The first kappa shape index (κ1) is 15.6. The number of halogens is 2. The highest BCUT2D eigenvalue weighted by molar-refractivity contribution is 9.10. The Morgan fingerprint density at radius 2 is 2.00 bits per heavy atom. The Kier molecular flexibility index (Phi) is 5.76.